The number of rotatable bonds is 8. The number of hydrogen-bond donors (Lipinski definition) is 1. The molecule has 0 saturated carbocycles. The second kappa shape index (κ2) is 9.71. The van der Waals surface area contributed by atoms with Crippen LogP contribution in [0.2, 0.25) is 0 Å². The molecule has 1 heterocycles. The third-order valence-electron chi connectivity index (χ3n) is 4.63. The molecule has 29 heavy (non-hydrogen) atoms. The van der Waals surface area contributed by atoms with Gasteiger partial charge < -0.3 is 10.1 Å². The van der Waals surface area contributed by atoms with Gasteiger partial charge in [-0.15, -0.1) is 0 Å². The van der Waals surface area contributed by atoms with E-state index in [4.69, 9.17) is 4.74 Å². The normalized spacial score (nSPS) is 12.1. The lowest BCUT2D eigenvalue weighted by Gasteiger charge is -2.16. The third kappa shape index (κ3) is 5.05. The molecule has 3 rings (SSSR count). The number of amides is 1. The quantitative estimate of drug-likeness (QED) is 0.452. The minimum Gasteiger partial charge on any atom is -0.383 e. The van der Waals surface area contributed by atoms with Crippen LogP contribution < -0.4 is 10.9 Å². The molecule has 0 aliphatic heterocycles. The van der Waals surface area contributed by atoms with Crippen molar-refractivity contribution >= 4 is 34.3 Å². The molecule has 152 valence electrons. The zero-order chi connectivity index (χ0) is 20.8. The maximum atomic E-state index is 12.9. The molecule has 0 fully saturated rings. The fourth-order valence-corrected chi connectivity index (χ4v) is 3.83. The van der Waals surface area contributed by atoms with E-state index in [1.54, 1.807) is 17.7 Å². The predicted octanol–water partition coefficient (Wildman–Crippen LogP) is 3.72. The van der Waals surface area contributed by atoms with Gasteiger partial charge in [0.15, 0.2) is 5.16 Å². The van der Waals surface area contributed by atoms with Crippen molar-refractivity contribution in [3.63, 3.8) is 0 Å². The van der Waals surface area contributed by atoms with Crippen LogP contribution in [0.4, 0.5) is 5.69 Å². The molecule has 7 heteroatoms. The summed E-state index contributed by atoms with van der Waals surface area (Å²) in [5.74, 6) is -0.139. The van der Waals surface area contributed by atoms with E-state index >= 15 is 0 Å². The molecule has 2 aromatic carbocycles. The van der Waals surface area contributed by atoms with E-state index < -0.39 is 5.25 Å². The van der Waals surface area contributed by atoms with Crippen molar-refractivity contribution in [1.29, 1.82) is 0 Å². The summed E-state index contributed by atoms with van der Waals surface area (Å²) in [6, 6.07) is 15.0. The third-order valence-corrected chi connectivity index (χ3v) is 5.72. The highest BCUT2D eigenvalue weighted by Gasteiger charge is 2.19. The number of benzene rings is 2. The molecule has 3 aromatic rings. The highest BCUT2D eigenvalue weighted by atomic mass is 32.2. The fourth-order valence-electron chi connectivity index (χ4n) is 2.90. The summed E-state index contributed by atoms with van der Waals surface area (Å²) in [5, 5.41) is 3.57. The summed E-state index contributed by atoms with van der Waals surface area (Å²) in [6.07, 6.45) is 0.952. The molecule has 0 radical (unpaired) electrons. The zero-order valence-electron chi connectivity index (χ0n) is 16.8. The van der Waals surface area contributed by atoms with E-state index in [-0.39, 0.29) is 11.5 Å². The first-order chi connectivity index (χ1) is 14.0. The van der Waals surface area contributed by atoms with Crippen LogP contribution in [0.25, 0.3) is 10.9 Å². The SMILES string of the molecule is CCc1ccc(NC(=O)[C@@H](C)Sc2nc3ccccc3c(=O)n2CCOC)cc1. The number of aromatic nitrogens is 2. The number of para-hydroxylation sites is 1. The Morgan fingerprint density at radius 1 is 1.21 bits per heavy atom. The number of anilines is 1. The van der Waals surface area contributed by atoms with Crippen LogP contribution in [0.15, 0.2) is 58.5 Å². The molecule has 1 atom stereocenters. The Balaban J connectivity index is 1.83. The number of aryl methyl sites for hydroxylation is 1. The average molecular weight is 412 g/mol. The van der Waals surface area contributed by atoms with Crippen LogP contribution in [-0.2, 0) is 22.5 Å². The van der Waals surface area contributed by atoms with Gasteiger partial charge in [0.05, 0.1) is 29.3 Å². The highest BCUT2D eigenvalue weighted by molar-refractivity contribution is 8.00. The summed E-state index contributed by atoms with van der Waals surface area (Å²) in [6.45, 7) is 4.66. The van der Waals surface area contributed by atoms with Gasteiger partial charge in [-0.2, -0.15) is 0 Å². The zero-order valence-corrected chi connectivity index (χ0v) is 17.7. The number of fused-ring (bicyclic) bond motifs is 1. The number of ether oxygens (including phenoxy) is 1. The molecule has 0 spiro atoms. The van der Waals surface area contributed by atoms with Crippen LogP contribution in [-0.4, -0.2) is 34.4 Å². The smallest absolute Gasteiger partial charge is 0.262 e. The molecule has 1 N–H and O–H groups in total. The average Bonchev–Trinajstić information content (AvgIpc) is 2.74. The van der Waals surface area contributed by atoms with E-state index in [0.717, 1.165) is 12.1 Å². The molecule has 0 aliphatic rings. The lowest BCUT2D eigenvalue weighted by atomic mass is 10.1. The molecule has 1 aromatic heterocycles. The minimum atomic E-state index is -0.428. The number of carbonyl (C=O) groups excluding carboxylic acids is 1. The van der Waals surface area contributed by atoms with Crippen molar-refractivity contribution in [2.75, 3.05) is 19.0 Å². The van der Waals surface area contributed by atoms with E-state index in [1.807, 2.05) is 49.4 Å². The molecule has 1 amide bonds. The molecule has 0 bridgehead atoms. The van der Waals surface area contributed by atoms with Crippen molar-refractivity contribution < 1.29 is 9.53 Å². The van der Waals surface area contributed by atoms with Crippen LogP contribution in [0, 0.1) is 0 Å². The van der Waals surface area contributed by atoms with Gasteiger partial charge in [-0.05, 0) is 43.2 Å². The Morgan fingerprint density at radius 2 is 1.93 bits per heavy atom. The van der Waals surface area contributed by atoms with Crippen molar-refractivity contribution in [1.82, 2.24) is 9.55 Å². The Bertz CT molecular complexity index is 1050. The number of carbonyl (C=O) groups is 1. The molecular weight excluding hydrogens is 386 g/mol. The molecule has 0 aliphatic carbocycles. The Hall–Kier alpha value is -2.64. The van der Waals surface area contributed by atoms with Crippen LogP contribution in [0.3, 0.4) is 0 Å². The van der Waals surface area contributed by atoms with E-state index in [9.17, 15) is 9.59 Å². The predicted molar refractivity (Wildman–Crippen MR) is 118 cm³/mol. The van der Waals surface area contributed by atoms with Gasteiger partial charge in [0.2, 0.25) is 5.91 Å². The second-order valence-corrected chi connectivity index (χ2v) is 7.97. The van der Waals surface area contributed by atoms with Gasteiger partial charge in [-0.25, -0.2) is 4.98 Å². The van der Waals surface area contributed by atoms with Gasteiger partial charge >= 0.3 is 0 Å². The van der Waals surface area contributed by atoms with Gasteiger partial charge in [0, 0.05) is 12.8 Å². The van der Waals surface area contributed by atoms with E-state index in [2.05, 4.69) is 17.2 Å². The molecular formula is C22H25N3O3S. The first kappa shape index (κ1) is 21.1. The Kier molecular flexibility index (Phi) is 7.06. The van der Waals surface area contributed by atoms with Crippen LogP contribution in [0.1, 0.15) is 19.4 Å². The number of methoxy groups -OCH3 is 1. The Morgan fingerprint density at radius 3 is 2.62 bits per heavy atom. The molecule has 0 unspecified atom stereocenters. The summed E-state index contributed by atoms with van der Waals surface area (Å²) in [4.78, 5) is 30.2. The van der Waals surface area contributed by atoms with Crippen molar-refractivity contribution in [3.8, 4) is 0 Å². The van der Waals surface area contributed by atoms with E-state index in [1.165, 1.54) is 17.3 Å². The van der Waals surface area contributed by atoms with Crippen LogP contribution in [0.5, 0.6) is 0 Å². The lowest BCUT2D eigenvalue weighted by Crippen LogP contribution is -2.28. The first-order valence-electron chi connectivity index (χ1n) is 9.58. The number of thioether (sulfide) groups is 1. The standard InChI is InChI=1S/C22H25N3O3S/c1-4-16-9-11-17(12-10-16)23-20(26)15(2)29-22-24-19-8-6-5-7-18(19)21(27)25(22)13-14-28-3/h5-12,15H,4,13-14H2,1-3H3,(H,23,26)/t15-/m1/s1. The fraction of sp³-hybridized carbons (Fsp3) is 0.318. The molecule has 0 saturated heterocycles. The van der Waals surface area contributed by atoms with E-state index in [0.29, 0.717) is 29.2 Å². The number of nitrogens with one attached hydrogen (secondary N) is 1. The monoisotopic (exact) mass is 411 g/mol. The van der Waals surface area contributed by atoms with Gasteiger partial charge in [0.1, 0.15) is 0 Å². The maximum absolute atomic E-state index is 12.9. The lowest BCUT2D eigenvalue weighted by molar-refractivity contribution is -0.115. The van der Waals surface area contributed by atoms with Gasteiger partial charge in [0.25, 0.3) is 5.56 Å². The first-order valence-corrected chi connectivity index (χ1v) is 10.5. The van der Waals surface area contributed by atoms with Crippen molar-refractivity contribution in [2.45, 2.75) is 37.2 Å². The summed E-state index contributed by atoms with van der Waals surface area (Å²) < 4.78 is 6.72. The number of hydrogen-bond acceptors (Lipinski definition) is 5. The second-order valence-electron chi connectivity index (χ2n) is 6.66. The van der Waals surface area contributed by atoms with Crippen LogP contribution >= 0.6 is 11.8 Å². The summed E-state index contributed by atoms with van der Waals surface area (Å²) in [7, 11) is 1.59. The topological polar surface area (TPSA) is 73.2 Å². The maximum Gasteiger partial charge on any atom is 0.262 e. The van der Waals surface area contributed by atoms with Gasteiger partial charge in [-0.1, -0.05) is 43.0 Å². The largest absolute Gasteiger partial charge is 0.383 e. The van der Waals surface area contributed by atoms with Crippen molar-refractivity contribution in [2.24, 2.45) is 0 Å². The Labute approximate surface area is 174 Å². The summed E-state index contributed by atoms with van der Waals surface area (Å²) >= 11 is 1.27. The highest BCUT2D eigenvalue weighted by Crippen LogP contribution is 2.24. The minimum absolute atomic E-state index is 0.127. The number of nitrogens with zero attached hydrogens (tertiary/aromatic N) is 2. The van der Waals surface area contributed by atoms with Crippen molar-refractivity contribution in [3.05, 3.63) is 64.4 Å². The van der Waals surface area contributed by atoms with Gasteiger partial charge in [-0.3, -0.25) is 14.2 Å². The summed E-state index contributed by atoms with van der Waals surface area (Å²) in [5.41, 5.74) is 2.46. The molecule has 6 nitrogen and oxygen atoms in total.